The number of aryl methyl sites for hydroxylation is 2. The predicted molar refractivity (Wildman–Crippen MR) is 68.7 cm³/mol. The van der Waals surface area contributed by atoms with Gasteiger partial charge in [-0.15, -0.1) is 0 Å². The van der Waals surface area contributed by atoms with Crippen LogP contribution in [-0.2, 0) is 4.79 Å². The van der Waals surface area contributed by atoms with Crippen molar-refractivity contribution < 1.29 is 4.79 Å². The van der Waals surface area contributed by atoms with Gasteiger partial charge in [0.1, 0.15) is 5.92 Å². The molecule has 1 rings (SSSR count). The van der Waals surface area contributed by atoms with Gasteiger partial charge in [0.15, 0.2) is 5.78 Å². The molecule has 2 nitrogen and oxygen atoms in total. The van der Waals surface area contributed by atoms with Crippen LogP contribution in [0.15, 0.2) is 18.2 Å². The zero-order chi connectivity index (χ0) is 13.0. The van der Waals surface area contributed by atoms with Crippen molar-refractivity contribution in [2.45, 2.75) is 40.0 Å². The molecule has 2 atom stereocenters. The first-order valence-electron chi connectivity index (χ1n) is 6.01. The molecule has 2 heteroatoms. The van der Waals surface area contributed by atoms with Crippen molar-refractivity contribution in [3.05, 3.63) is 34.9 Å². The van der Waals surface area contributed by atoms with E-state index in [0.717, 1.165) is 17.5 Å². The Kier molecular flexibility index (Phi) is 4.45. The summed E-state index contributed by atoms with van der Waals surface area (Å²) in [5.74, 6) is -0.649. The summed E-state index contributed by atoms with van der Waals surface area (Å²) in [5.41, 5.74) is 3.13. The molecule has 0 N–H and O–H groups in total. The molecule has 0 aliphatic carbocycles. The molecule has 17 heavy (non-hydrogen) atoms. The minimum absolute atomic E-state index is 0.0262. The highest BCUT2D eigenvalue weighted by atomic mass is 16.1. The van der Waals surface area contributed by atoms with Gasteiger partial charge in [-0.3, -0.25) is 4.79 Å². The summed E-state index contributed by atoms with van der Waals surface area (Å²) in [6.07, 6.45) is 0.780. The molecule has 0 fully saturated rings. The Balaban J connectivity index is 3.07. The van der Waals surface area contributed by atoms with Crippen molar-refractivity contribution in [3.63, 3.8) is 0 Å². The maximum absolute atomic E-state index is 12.1. The van der Waals surface area contributed by atoms with E-state index in [1.54, 1.807) is 0 Å². The Morgan fingerprint density at radius 2 is 2.00 bits per heavy atom. The molecule has 0 heterocycles. The van der Waals surface area contributed by atoms with Gasteiger partial charge >= 0.3 is 0 Å². The molecular formula is C15H19NO. The topological polar surface area (TPSA) is 40.9 Å². The van der Waals surface area contributed by atoms with Gasteiger partial charge in [0, 0.05) is 5.92 Å². The number of ketones is 1. The van der Waals surface area contributed by atoms with Crippen LogP contribution in [0.2, 0.25) is 0 Å². The number of Topliss-reactive ketones (excluding diaryl/α,β-unsaturated/α-hetero) is 1. The third-order valence-electron chi connectivity index (χ3n) is 3.38. The fourth-order valence-corrected chi connectivity index (χ4v) is 1.73. The van der Waals surface area contributed by atoms with Crippen LogP contribution in [-0.4, -0.2) is 5.78 Å². The lowest BCUT2D eigenvalue weighted by Crippen LogP contribution is -2.18. The minimum atomic E-state index is -0.621. The summed E-state index contributed by atoms with van der Waals surface area (Å²) in [6, 6.07) is 7.93. The molecule has 0 aliphatic rings. The van der Waals surface area contributed by atoms with E-state index in [1.165, 1.54) is 5.56 Å². The normalized spacial score (nSPS) is 13.8. The van der Waals surface area contributed by atoms with Crippen molar-refractivity contribution in [1.29, 1.82) is 5.26 Å². The molecular weight excluding hydrogens is 210 g/mol. The number of benzene rings is 1. The highest BCUT2D eigenvalue weighted by molar-refractivity contribution is 5.90. The summed E-state index contributed by atoms with van der Waals surface area (Å²) >= 11 is 0. The average Bonchev–Trinajstić information content (AvgIpc) is 2.33. The van der Waals surface area contributed by atoms with Crippen molar-refractivity contribution in [2.24, 2.45) is 5.92 Å². The summed E-state index contributed by atoms with van der Waals surface area (Å²) in [7, 11) is 0. The molecule has 1 aromatic rings. The third-order valence-corrected chi connectivity index (χ3v) is 3.38. The fraction of sp³-hybridized carbons (Fsp3) is 0.467. The quantitative estimate of drug-likeness (QED) is 0.792. The monoisotopic (exact) mass is 229 g/mol. The second-order valence-electron chi connectivity index (χ2n) is 4.62. The first kappa shape index (κ1) is 13.4. The first-order valence-corrected chi connectivity index (χ1v) is 6.01. The number of hydrogen-bond donors (Lipinski definition) is 0. The van der Waals surface area contributed by atoms with Gasteiger partial charge in [-0.1, -0.05) is 32.0 Å². The summed E-state index contributed by atoms with van der Waals surface area (Å²) in [6.45, 7) is 7.88. The van der Waals surface area contributed by atoms with Crippen LogP contribution in [0.1, 0.15) is 42.9 Å². The zero-order valence-electron chi connectivity index (χ0n) is 10.9. The van der Waals surface area contributed by atoms with Crippen molar-refractivity contribution in [3.8, 4) is 6.07 Å². The summed E-state index contributed by atoms with van der Waals surface area (Å²) in [5, 5.41) is 9.18. The maximum Gasteiger partial charge on any atom is 0.157 e. The van der Waals surface area contributed by atoms with E-state index >= 15 is 0 Å². The van der Waals surface area contributed by atoms with E-state index in [2.05, 4.69) is 6.07 Å². The second kappa shape index (κ2) is 5.63. The van der Waals surface area contributed by atoms with Crippen LogP contribution in [0, 0.1) is 31.1 Å². The van der Waals surface area contributed by atoms with E-state index in [1.807, 2.05) is 45.9 Å². The molecule has 0 aliphatic heterocycles. The number of rotatable bonds is 4. The van der Waals surface area contributed by atoms with Crippen LogP contribution < -0.4 is 0 Å². The lowest BCUT2D eigenvalue weighted by atomic mass is 9.87. The van der Waals surface area contributed by atoms with Crippen LogP contribution in [0.3, 0.4) is 0 Å². The standard InChI is InChI=1S/C15H19NO/c1-5-10(2)15(17)14(9-16)13-7-6-11(3)12(4)8-13/h6-8,10,14H,5H2,1-4H3. The second-order valence-corrected chi connectivity index (χ2v) is 4.62. The lowest BCUT2D eigenvalue weighted by Gasteiger charge is -2.14. The highest BCUT2D eigenvalue weighted by Gasteiger charge is 2.24. The van der Waals surface area contributed by atoms with Crippen molar-refractivity contribution in [1.82, 2.24) is 0 Å². The van der Waals surface area contributed by atoms with Crippen LogP contribution in [0.5, 0.6) is 0 Å². The fourth-order valence-electron chi connectivity index (χ4n) is 1.73. The Bertz CT molecular complexity index is 456. The number of nitrogens with zero attached hydrogens (tertiary/aromatic N) is 1. The van der Waals surface area contributed by atoms with Crippen LogP contribution >= 0.6 is 0 Å². The third kappa shape index (κ3) is 2.94. The summed E-state index contributed by atoms with van der Waals surface area (Å²) < 4.78 is 0. The predicted octanol–water partition coefficient (Wildman–Crippen LogP) is 3.53. The van der Waals surface area contributed by atoms with Gasteiger partial charge in [-0.05, 0) is 37.0 Å². The molecule has 0 aromatic heterocycles. The zero-order valence-corrected chi connectivity index (χ0v) is 10.9. The molecule has 0 spiro atoms. The molecule has 0 saturated heterocycles. The highest BCUT2D eigenvalue weighted by Crippen LogP contribution is 2.23. The summed E-state index contributed by atoms with van der Waals surface area (Å²) in [4.78, 5) is 12.1. The van der Waals surface area contributed by atoms with Crippen molar-refractivity contribution >= 4 is 5.78 Å². The van der Waals surface area contributed by atoms with Gasteiger partial charge < -0.3 is 0 Å². The number of hydrogen-bond acceptors (Lipinski definition) is 2. The average molecular weight is 229 g/mol. The van der Waals surface area contributed by atoms with E-state index in [4.69, 9.17) is 0 Å². The van der Waals surface area contributed by atoms with E-state index in [-0.39, 0.29) is 11.7 Å². The maximum atomic E-state index is 12.1. The van der Waals surface area contributed by atoms with Crippen LogP contribution in [0.25, 0.3) is 0 Å². The number of nitriles is 1. The lowest BCUT2D eigenvalue weighted by molar-refractivity contribution is -0.122. The first-order chi connectivity index (χ1) is 8.01. The molecule has 0 amide bonds. The minimum Gasteiger partial charge on any atom is -0.298 e. The van der Waals surface area contributed by atoms with Gasteiger partial charge in [-0.2, -0.15) is 5.26 Å². The number of carbonyl (C=O) groups excluding carboxylic acids is 1. The van der Waals surface area contributed by atoms with E-state index in [0.29, 0.717) is 0 Å². The van der Waals surface area contributed by atoms with Gasteiger partial charge in [0.05, 0.1) is 6.07 Å². The molecule has 0 saturated carbocycles. The van der Waals surface area contributed by atoms with Gasteiger partial charge in [0.25, 0.3) is 0 Å². The smallest absolute Gasteiger partial charge is 0.157 e. The molecule has 0 bridgehead atoms. The van der Waals surface area contributed by atoms with Gasteiger partial charge in [-0.25, -0.2) is 0 Å². The Labute approximate surface area is 103 Å². The van der Waals surface area contributed by atoms with Gasteiger partial charge in [0.2, 0.25) is 0 Å². The Hall–Kier alpha value is -1.62. The SMILES string of the molecule is CCC(C)C(=O)C(C#N)c1ccc(C)c(C)c1. The van der Waals surface area contributed by atoms with Crippen LogP contribution in [0.4, 0.5) is 0 Å². The molecule has 90 valence electrons. The molecule has 0 radical (unpaired) electrons. The van der Waals surface area contributed by atoms with E-state index in [9.17, 15) is 10.1 Å². The molecule has 1 aromatic carbocycles. The Morgan fingerprint density at radius 1 is 1.35 bits per heavy atom. The van der Waals surface area contributed by atoms with E-state index < -0.39 is 5.92 Å². The largest absolute Gasteiger partial charge is 0.298 e. The number of carbonyl (C=O) groups is 1. The Morgan fingerprint density at radius 3 is 2.47 bits per heavy atom. The van der Waals surface area contributed by atoms with Crippen molar-refractivity contribution in [2.75, 3.05) is 0 Å². The molecule has 2 unspecified atom stereocenters.